The summed E-state index contributed by atoms with van der Waals surface area (Å²) in [6.45, 7) is 0.927. The molecule has 0 radical (unpaired) electrons. The van der Waals surface area contributed by atoms with Gasteiger partial charge in [0.25, 0.3) is 5.91 Å². The number of benzene rings is 3. The molecule has 1 unspecified atom stereocenters. The summed E-state index contributed by atoms with van der Waals surface area (Å²) in [5.41, 5.74) is 3.13. The van der Waals surface area contributed by atoms with Gasteiger partial charge >= 0.3 is 0 Å². The van der Waals surface area contributed by atoms with Crippen LogP contribution in [0.1, 0.15) is 22.5 Å². The van der Waals surface area contributed by atoms with Crippen molar-refractivity contribution >= 4 is 34.2 Å². The Balaban J connectivity index is 1.30. The Kier molecular flexibility index (Phi) is 6.72. The van der Waals surface area contributed by atoms with Gasteiger partial charge in [0, 0.05) is 49.4 Å². The van der Waals surface area contributed by atoms with Crippen molar-refractivity contribution in [3.63, 3.8) is 0 Å². The number of nitrogens with one attached hydrogen (secondary N) is 1. The zero-order chi connectivity index (χ0) is 25.9. The van der Waals surface area contributed by atoms with E-state index in [1.807, 2.05) is 60.7 Å². The molecule has 2 amide bonds. The highest BCUT2D eigenvalue weighted by Crippen LogP contribution is 2.32. The molecule has 1 fully saturated rings. The number of fused-ring (bicyclic) bond motifs is 1. The number of carbonyl (C=O) groups excluding carboxylic acids is 2. The van der Waals surface area contributed by atoms with Gasteiger partial charge in [-0.15, -0.1) is 0 Å². The molecule has 4 aromatic rings. The molecule has 1 saturated heterocycles. The van der Waals surface area contributed by atoms with E-state index in [2.05, 4.69) is 5.32 Å². The third kappa shape index (κ3) is 4.95. The van der Waals surface area contributed by atoms with E-state index in [4.69, 9.17) is 13.9 Å². The standard InChI is InChI=1S/C29H29N3O5/c1-31(29(34)27-14-19-8-5-7-11-26(19)37-27)18-20-9-4-6-10-24(20)30-25-12-13-32(28(25)33)21-15-22(35-2)17-23(16-21)36-3/h4-11,14-17,25,30H,12-13,18H2,1-3H3. The van der Waals surface area contributed by atoms with E-state index >= 15 is 0 Å². The van der Waals surface area contributed by atoms with Crippen LogP contribution in [-0.4, -0.2) is 50.6 Å². The Morgan fingerprint density at radius 2 is 1.73 bits per heavy atom. The predicted octanol–water partition coefficient (Wildman–Crippen LogP) is 4.94. The number of anilines is 2. The summed E-state index contributed by atoms with van der Waals surface area (Å²) in [7, 11) is 4.91. The summed E-state index contributed by atoms with van der Waals surface area (Å²) in [6, 6.07) is 22.1. The molecule has 8 nitrogen and oxygen atoms in total. The Labute approximate surface area is 215 Å². The van der Waals surface area contributed by atoms with Crippen LogP contribution in [0.15, 0.2) is 77.2 Å². The van der Waals surface area contributed by atoms with Gasteiger partial charge in [0.1, 0.15) is 23.1 Å². The van der Waals surface area contributed by atoms with Crippen LogP contribution in [0.4, 0.5) is 11.4 Å². The first-order chi connectivity index (χ1) is 18.0. The summed E-state index contributed by atoms with van der Waals surface area (Å²) in [6.07, 6.45) is 0.639. The third-order valence-electron chi connectivity index (χ3n) is 6.59. The fraction of sp³-hybridized carbons (Fsp3) is 0.241. The topological polar surface area (TPSA) is 84.2 Å². The van der Waals surface area contributed by atoms with Gasteiger partial charge in [-0.05, 0) is 30.2 Å². The van der Waals surface area contributed by atoms with Crippen LogP contribution in [0.25, 0.3) is 11.0 Å². The summed E-state index contributed by atoms with van der Waals surface area (Å²) in [4.78, 5) is 29.7. The Morgan fingerprint density at radius 3 is 2.46 bits per heavy atom. The van der Waals surface area contributed by atoms with E-state index in [1.54, 1.807) is 43.2 Å². The maximum atomic E-state index is 13.3. The molecule has 3 aromatic carbocycles. The summed E-state index contributed by atoms with van der Waals surface area (Å²) in [5.74, 6) is 1.31. The zero-order valence-electron chi connectivity index (χ0n) is 21.1. The van der Waals surface area contributed by atoms with Crippen molar-refractivity contribution in [3.8, 4) is 11.5 Å². The van der Waals surface area contributed by atoms with Gasteiger partial charge in [-0.25, -0.2) is 0 Å². The number of hydrogen-bond acceptors (Lipinski definition) is 6. The molecule has 1 atom stereocenters. The lowest BCUT2D eigenvalue weighted by atomic mass is 10.1. The van der Waals surface area contributed by atoms with Crippen molar-refractivity contribution in [1.82, 2.24) is 4.90 Å². The number of rotatable bonds is 8. The predicted molar refractivity (Wildman–Crippen MR) is 142 cm³/mol. The minimum atomic E-state index is -0.394. The monoisotopic (exact) mass is 499 g/mol. The van der Waals surface area contributed by atoms with Gasteiger partial charge in [-0.2, -0.15) is 0 Å². The number of furan rings is 1. The minimum Gasteiger partial charge on any atom is -0.497 e. The van der Waals surface area contributed by atoms with Crippen molar-refractivity contribution in [2.45, 2.75) is 19.0 Å². The van der Waals surface area contributed by atoms with Crippen LogP contribution in [0, 0.1) is 0 Å². The van der Waals surface area contributed by atoms with Crippen LogP contribution < -0.4 is 19.7 Å². The first-order valence-corrected chi connectivity index (χ1v) is 12.1. The molecule has 1 aromatic heterocycles. The molecule has 1 N–H and O–H groups in total. The van der Waals surface area contributed by atoms with Crippen LogP contribution in [0.2, 0.25) is 0 Å². The summed E-state index contributed by atoms with van der Waals surface area (Å²) < 4.78 is 16.5. The van der Waals surface area contributed by atoms with Crippen molar-refractivity contribution in [3.05, 3.63) is 84.1 Å². The van der Waals surface area contributed by atoms with Crippen molar-refractivity contribution in [2.75, 3.05) is 38.0 Å². The Hall–Kier alpha value is -4.46. The Bertz CT molecular complexity index is 1390. The highest BCUT2D eigenvalue weighted by Gasteiger charge is 2.33. The normalized spacial score (nSPS) is 15.2. The maximum Gasteiger partial charge on any atom is 0.289 e. The van der Waals surface area contributed by atoms with Gasteiger partial charge in [-0.1, -0.05) is 36.4 Å². The summed E-state index contributed by atoms with van der Waals surface area (Å²) >= 11 is 0. The molecule has 1 aliphatic heterocycles. The Morgan fingerprint density at radius 1 is 1.03 bits per heavy atom. The number of para-hydroxylation sites is 2. The minimum absolute atomic E-state index is 0.0307. The summed E-state index contributed by atoms with van der Waals surface area (Å²) in [5, 5.41) is 4.29. The van der Waals surface area contributed by atoms with E-state index < -0.39 is 6.04 Å². The molecule has 0 aliphatic carbocycles. The van der Waals surface area contributed by atoms with E-state index in [1.165, 1.54) is 0 Å². The van der Waals surface area contributed by atoms with Crippen LogP contribution in [-0.2, 0) is 11.3 Å². The molecular weight excluding hydrogens is 470 g/mol. The van der Waals surface area contributed by atoms with Crippen molar-refractivity contribution in [1.29, 1.82) is 0 Å². The lowest BCUT2D eigenvalue weighted by Crippen LogP contribution is -2.34. The number of ether oxygens (including phenoxy) is 2. The number of hydrogen-bond donors (Lipinski definition) is 1. The molecule has 0 spiro atoms. The van der Waals surface area contributed by atoms with E-state index in [0.29, 0.717) is 42.4 Å². The lowest BCUT2D eigenvalue weighted by molar-refractivity contribution is -0.117. The molecule has 190 valence electrons. The average molecular weight is 500 g/mol. The molecule has 8 heteroatoms. The number of methoxy groups -OCH3 is 2. The van der Waals surface area contributed by atoms with E-state index in [-0.39, 0.29) is 11.8 Å². The third-order valence-corrected chi connectivity index (χ3v) is 6.59. The molecule has 0 saturated carbocycles. The first kappa shape index (κ1) is 24.2. The van der Waals surface area contributed by atoms with Crippen LogP contribution >= 0.6 is 0 Å². The lowest BCUT2D eigenvalue weighted by Gasteiger charge is -2.22. The van der Waals surface area contributed by atoms with Crippen LogP contribution in [0.3, 0.4) is 0 Å². The van der Waals surface area contributed by atoms with Crippen molar-refractivity contribution < 1.29 is 23.5 Å². The molecule has 5 rings (SSSR count). The SMILES string of the molecule is COc1cc(OC)cc(N2CCC(Nc3ccccc3CN(C)C(=O)c3cc4ccccc4o3)C2=O)c1. The van der Waals surface area contributed by atoms with Gasteiger partial charge in [-0.3, -0.25) is 9.59 Å². The smallest absolute Gasteiger partial charge is 0.289 e. The first-order valence-electron chi connectivity index (χ1n) is 12.1. The van der Waals surface area contributed by atoms with E-state index in [0.717, 1.165) is 22.3 Å². The second-order valence-corrected chi connectivity index (χ2v) is 9.01. The molecule has 1 aliphatic rings. The van der Waals surface area contributed by atoms with Gasteiger partial charge < -0.3 is 29.0 Å². The van der Waals surface area contributed by atoms with Crippen molar-refractivity contribution in [2.24, 2.45) is 0 Å². The van der Waals surface area contributed by atoms with Gasteiger partial charge in [0.05, 0.1) is 19.9 Å². The highest BCUT2D eigenvalue weighted by molar-refractivity contribution is 6.01. The number of carbonyl (C=O) groups is 2. The average Bonchev–Trinajstić information content (AvgIpc) is 3.52. The molecular formula is C29H29N3O5. The molecule has 37 heavy (non-hydrogen) atoms. The zero-order valence-corrected chi connectivity index (χ0v) is 21.1. The van der Waals surface area contributed by atoms with Gasteiger partial charge in [0.15, 0.2) is 5.76 Å². The number of nitrogens with zero attached hydrogens (tertiary/aromatic N) is 2. The fourth-order valence-corrected chi connectivity index (χ4v) is 4.61. The molecule has 0 bridgehead atoms. The fourth-order valence-electron chi connectivity index (χ4n) is 4.61. The number of amides is 2. The van der Waals surface area contributed by atoms with E-state index in [9.17, 15) is 9.59 Å². The quantitative estimate of drug-likeness (QED) is 0.370. The second kappa shape index (κ2) is 10.3. The molecule has 2 heterocycles. The largest absolute Gasteiger partial charge is 0.497 e. The van der Waals surface area contributed by atoms with Gasteiger partial charge in [0.2, 0.25) is 5.91 Å². The van der Waals surface area contributed by atoms with Crippen LogP contribution in [0.5, 0.6) is 11.5 Å². The second-order valence-electron chi connectivity index (χ2n) is 9.01. The highest BCUT2D eigenvalue weighted by atomic mass is 16.5. The maximum absolute atomic E-state index is 13.3.